The highest BCUT2D eigenvalue weighted by Gasteiger charge is 1.87. The van der Waals surface area contributed by atoms with Gasteiger partial charge in [0.05, 0.1) is 0 Å². The molecule has 0 fully saturated rings. The van der Waals surface area contributed by atoms with Crippen LogP contribution in [0.15, 0.2) is 0 Å². The van der Waals surface area contributed by atoms with E-state index in [-0.39, 0.29) is 24.8 Å². The third kappa shape index (κ3) is 18.2. The molecule has 0 N–H and O–H groups in total. The van der Waals surface area contributed by atoms with Gasteiger partial charge in [0.2, 0.25) is 9.76 Å². The minimum Gasteiger partial charge on any atom is -1.00 e. The van der Waals surface area contributed by atoms with Crippen LogP contribution < -0.4 is 24.8 Å². The molecule has 0 aliphatic carbocycles. The molecule has 0 atom stereocenters. The van der Waals surface area contributed by atoms with Crippen molar-refractivity contribution in [3.05, 3.63) is 0 Å². The van der Waals surface area contributed by atoms with Crippen LogP contribution in [0.3, 0.4) is 0 Å². The van der Waals surface area contributed by atoms with E-state index in [1.807, 2.05) is 6.92 Å². The maximum absolute atomic E-state index is 5.40. The normalized spacial score (nSPS) is 8.18. The van der Waals surface area contributed by atoms with E-state index in [0.717, 1.165) is 6.04 Å². The predicted octanol–water partition coefficient (Wildman–Crippen LogP) is -4.72. The van der Waals surface area contributed by atoms with E-state index in [2.05, 4.69) is 0 Å². The van der Waals surface area contributed by atoms with Crippen LogP contribution in [0.4, 0.5) is 0 Å². The highest BCUT2D eigenvalue weighted by Crippen LogP contribution is 1.84. The van der Waals surface area contributed by atoms with Crippen molar-refractivity contribution >= 4 is 21.4 Å². The third-order valence-corrected chi connectivity index (χ3v) is 1.93. The summed E-state index contributed by atoms with van der Waals surface area (Å²) in [7, 11) is 0.485. The van der Waals surface area contributed by atoms with Gasteiger partial charge in [0.25, 0.3) is 0 Å². The lowest BCUT2D eigenvalue weighted by molar-refractivity contribution is -0.00100. The average molecular weight is 238 g/mol. The Morgan fingerprint density at radius 3 is 2.45 bits per heavy atom. The molecule has 0 saturated heterocycles. The largest absolute Gasteiger partial charge is 1.00 e. The lowest BCUT2D eigenvalue weighted by Crippen LogP contribution is -3.00. The van der Waals surface area contributed by atoms with E-state index in [0.29, 0.717) is 29.0 Å². The molecule has 2 nitrogen and oxygen atoms in total. The Kier molecular flexibility index (Phi) is 28.0. The van der Waals surface area contributed by atoms with Crippen molar-refractivity contribution in [1.82, 2.24) is 0 Å². The number of ether oxygens (including phenoxy) is 1. The molecule has 0 aromatic rings. The highest BCUT2D eigenvalue weighted by molar-refractivity contribution is 6.31. The van der Waals surface area contributed by atoms with Gasteiger partial charge in [-0.3, -0.25) is 0 Å². The van der Waals surface area contributed by atoms with Gasteiger partial charge in [-0.15, -0.1) is 11.6 Å². The van der Waals surface area contributed by atoms with Crippen molar-refractivity contribution < 1.29 is 34.0 Å². The van der Waals surface area contributed by atoms with Gasteiger partial charge in [0, 0.05) is 12.5 Å². The zero-order valence-corrected chi connectivity index (χ0v) is 9.55. The zero-order valence-electron chi connectivity index (χ0n) is 6.28. The van der Waals surface area contributed by atoms with Gasteiger partial charge in [-0.25, -0.2) is 0 Å². The fourth-order valence-corrected chi connectivity index (χ4v) is 0.897. The van der Waals surface area contributed by atoms with Crippen molar-refractivity contribution in [1.29, 1.82) is 0 Å². The molecule has 70 valence electrons. The molecule has 0 aromatic carbocycles. The van der Waals surface area contributed by atoms with Crippen LogP contribution in [0, 0.1) is 0 Å². The van der Waals surface area contributed by atoms with Gasteiger partial charge in [0.1, 0.15) is 6.79 Å². The number of halogens is 3. The smallest absolute Gasteiger partial charge is 0.234 e. The summed E-state index contributed by atoms with van der Waals surface area (Å²) in [6, 6.07) is 0.925. The number of hydrogen-bond acceptors (Lipinski definition) is 2. The Balaban J connectivity index is -0.000000320. The van der Waals surface area contributed by atoms with Gasteiger partial charge >= 0.3 is 0 Å². The van der Waals surface area contributed by atoms with E-state index in [4.69, 9.17) is 20.8 Å². The maximum atomic E-state index is 5.40. The summed E-state index contributed by atoms with van der Waals surface area (Å²) < 4.78 is 9.96. The lowest BCUT2D eigenvalue weighted by Gasteiger charge is -1.99. The molecule has 0 unspecified atom stereocenters. The molecule has 6 heteroatoms. The molecule has 11 heavy (non-hydrogen) atoms. The first-order valence-corrected chi connectivity index (χ1v) is 4.55. The molecular weight excluding hydrogens is 226 g/mol. The summed E-state index contributed by atoms with van der Waals surface area (Å²) in [5.41, 5.74) is 0. The van der Waals surface area contributed by atoms with Gasteiger partial charge in [0.15, 0.2) is 0 Å². The van der Waals surface area contributed by atoms with Crippen LogP contribution in [0.1, 0.15) is 6.92 Å². The summed E-state index contributed by atoms with van der Waals surface area (Å²) in [6.45, 7) is 3.06. The lowest BCUT2D eigenvalue weighted by atomic mass is 10.9. The Hall–Kier alpha value is 1.01. The summed E-state index contributed by atoms with van der Waals surface area (Å²) in [4.78, 5) is 0. The molecule has 0 aliphatic rings. The highest BCUT2D eigenvalue weighted by atomic mass is 35.5. The summed E-state index contributed by atoms with van der Waals surface area (Å²) in [6.07, 6.45) is 0. The summed E-state index contributed by atoms with van der Waals surface area (Å²) in [5, 5.41) is 0. The van der Waals surface area contributed by atoms with Crippen LogP contribution in [-0.4, -0.2) is 29.0 Å². The maximum Gasteiger partial charge on any atom is 0.234 e. The van der Waals surface area contributed by atoms with Crippen molar-refractivity contribution in [2.45, 2.75) is 13.0 Å². The minimum atomic E-state index is 0. The van der Waals surface area contributed by atoms with Gasteiger partial charge in [-0.2, -0.15) is 0 Å². The first kappa shape index (κ1) is 17.9. The van der Waals surface area contributed by atoms with E-state index in [9.17, 15) is 0 Å². The van der Waals surface area contributed by atoms with Gasteiger partial charge in [-0.05, 0) is 13.0 Å². The second-order valence-electron chi connectivity index (χ2n) is 1.34. The van der Waals surface area contributed by atoms with Crippen molar-refractivity contribution in [3.63, 3.8) is 0 Å². The fourth-order valence-electron chi connectivity index (χ4n) is 0.277. The SMILES string of the molecule is CCOCO[Si]CCCl.[Cl-].[Cl-]. The Bertz CT molecular complexity index is 53.0. The fraction of sp³-hybridized carbons (Fsp3) is 1.00. The van der Waals surface area contributed by atoms with Gasteiger partial charge < -0.3 is 34.0 Å². The topological polar surface area (TPSA) is 18.5 Å². The van der Waals surface area contributed by atoms with Crippen LogP contribution >= 0.6 is 11.6 Å². The summed E-state index contributed by atoms with van der Waals surface area (Å²) >= 11 is 5.40. The molecule has 0 rings (SSSR count). The Morgan fingerprint density at radius 1 is 1.36 bits per heavy atom. The number of hydrogen-bond donors (Lipinski definition) is 0. The van der Waals surface area contributed by atoms with E-state index in [1.54, 1.807) is 0 Å². The third-order valence-electron chi connectivity index (χ3n) is 0.645. The minimum absolute atomic E-state index is 0. The molecule has 0 spiro atoms. The van der Waals surface area contributed by atoms with Crippen molar-refractivity contribution in [2.24, 2.45) is 0 Å². The van der Waals surface area contributed by atoms with E-state index >= 15 is 0 Å². The molecule has 0 aromatic heterocycles. The Morgan fingerprint density at radius 2 is 2.00 bits per heavy atom. The van der Waals surface area contributed by atoms with Crippen LogP contribution in [0.2, 0.25) is 6.04 Å². The van der Waals surface area contributed by atoms with Crippen molar-refractivity contribution in [2.75, 3.05) is 19.3 Å². The number of rotatable bonds is 6. The zero-order chi connectivity index (χ0) is 6.95. The van der Waals surface area contributed by atoms with Crippen molar-refractivity contribution in [3.8, 4) is 0 Å². The average Bonchev–Trinajstić information content (AvgIpc) is 1.89. The van der Waals surface area contributed by atoms with Crippen LogP contribution in [0.5, 0.6) is 0 Å². The second kappa shape index (κ2) is 17.2. The molecule has 0 amide bonds. The quantitative estimate of drug-likeness (QED) is 0.200. The predicted molar refractivity (Wildman–Crippen MR) is 38.9 cm³/mol. The monoisotopic (exact) mass is 236 g/mol. The second-order valence-corrected chi connectivity index (χ2v) is 2.79. The number of alkyl halides is 1. The van der Waals surface area contributed by atoms with Gasteiger partial charge in [-0.1, -0.05) is 0 Å². The molecular formula is C5H11Cl3O2Si-2. The first-order valence-electron chi connectivity index (χ1n) is 2.90. The van der Waals surface area contributed by atoms with Crippen LogP contribution in [-0.2, 0) is 9.16 Å². The standard InChI is InChI=1S/C5H11ClO2Si.2ClH/c1-2-7-5-8-9-4-3-6;;/h2-5H2,1H3;2*1H/p-2. The van der Waals surface area contributed by atoms with Crippen LogP contribution in [0.25, 0.3) is 0 Å². The summed E-state index contributed by atoms with van der Waals surface area (Å²) in [5.74, 6) is 0.671. The molecule has 0 heterocycles. The molecule has 0 saturated carbocycles. The Labute approximate surface area is 87.7 Å². The molecule has 0 aliphatic heterocycles. The molecule has 0 bridgehead atoms. The van der Waals surface area contributed by atoms with E-state index in [1.165, 1.54) is 0 Å². The first-order chi connectivity index (χ1) is 4.41. The van der Waals surface area contributed by atoms with E-state index < -0.39 is 0 Å². The molecule has 2 radical (unpaired) electrons.